The van der Waals surface area contributed by atoms with Crippen molar-refractivity contribution in [2.24, 2.45) is 5.92 Å². The number of benzene rings is 3. The summed E-state index contributed by atoms with van der Waals surface area (Å²) in [6.45, 7) is 8.83. The Kier molecular flexibility index (Phi) is 6.44. The predicted octanol–water partition coefficient (Wildman–Crippen LogP) is 8.40. The molecule has 1 aliphatic heterocycles. The first kappa shape index (κ1) is 23.7. The number of rotatable bonds is 6. The lowest BCUT2D eigenvalue weighted by Gasteiger charge is -2.47. The van der Waals surface area contributed by atoms with Crippen LogP contribution in [0.25, 0.3) is 10.8 Å². The fourth-order valence-electron chi connectivity index (χ4n) is 5.88. The average Bonchev–Trinajstić information content (AvgIpc) is 2.83. The molecule has 0 bridgehead atoms. The minimum atomic E-state index is -0.312. The van der Waals surface area contributed by atoms with E-state index in [1.165, 1.54) is 24.0 Å². The first-order valence-electron chi connectivity index (χ1n) is 13.1. The molecule has 0 aromatic heterocycles. The summed E-state index contributed by atoms with van der Waals surface area (Å²) in [6.07, 6.45) is 8.73. The van der Waals surface area contributed by atoms with Gasteiger partial charge in [-0.2, -0.15) is 0 Å². The lowest BCUT2D eigenvalue weighted by molar-refractivity contribution is 0.00739. The normalized spacial score (nSPS) is 20.4. The molecule has 0 saturated heterocycles. The summed E-state index contributed by atoms with van der Waals surface area (Å²) in [6, 6.07) is 18.1. The van der Waals surface area contributed by atoms with Crippen LogP contribution >= 0.6 is 0 Å². The zero-order chi connectivity index (χ0) is 24.6. The van der Waals surface area contributed by atoms with Gasteiger partial charge in [0.05, 0.1) is 5.56 Å². The van der Waals surface area contributed by atoms with Gasteiger partial charge in [-0.3, -0.25) is 0 Å². The van der Waals surface area contributed by atoms with Crippen molar-refractivity contribution < 1.29 is 14.3 Å². The van der Waals surface area contributed by atoms with E-state index in [4.69, 9.17) is 9.47 Å². The van der Waals surface area contributed by atoms with Gasteiger partial charge in [0.15, 0.2) is 0 Å². The van der Waals surface area contributed by atoms with Gasteiger partial charge < -0.3 is 9.47 Å². The number of aryl methyl sites for hydroxylation is 1. The van der Waals surface area contributed by atoms with Crippen LogP contribution < -0.4 is 9.47 Å². The van der Waals surface area contributed by atoms with Crippen molar-refractivity contribution in [1.82, 2.24) is 0 Å². The van der Waals surface area contributed by atoms with Gasteiger partial charge in [0, 0.05) is 17.4 Å². The molecule has 0 radical (unpaired) electrons. The number of hydrogen-bond acceptors (Lipinski definition) is 3. The molecular formula is C32H36O3. The highest BCUT2D eigenvalue weighted by atomic mass is 16.5. The fourth-order valence-corrected chi connectivity index (χ4v) is 5.88. The third-order valence-electron chi connectivity index (χ3n) is 7.81. The van der Waals surface area contributed by atoms with E-state index >= 15 is 0 Å². The van der Waals surface area contributed by atoms with Crippen molar-refractivity contribution in [2.75, 3.05) is 0 Å². The van der Waals surface area contributed by atoms with Crippen LogP contribution in [0.5, 0.6) is 11.5 Å². The van der Waals surface area contributed by atoms with Gasteiger partial charge in [-0.15, -0.1) is 0 Å². The summed E-state index contributed by atoms with van der Waals surface area (Å²) in [5.74, 6) is 1.88. The third kappa shape index (κ3) is 4.74. The summed E-state index contributed by atoms with van der Waals surface area (Å²) in [5.41, 5.74) is 3.94. The van der Waals surface area contributed by atoms with Crippen LogP contribution in [0.15, 0.2) is 66.2 Å². The summed E-state index contributed by atoms with van der Waals surface area (Å²) in [7, 11) is 0. The number of carbonyl (C=O) groups excluding carboxylic acids is 1. The summed E-state index contributed by atoms with van der Waals surface area (Å²) < 4.78 is 12.8. The molecule has 0 saturated carbocycles. The molecule has 1 aliphatic carbocycles. The number of hydrogen-bond donors (Lipinski definition) is 0. The van der Waals surface area contributed by atoms with Gasteiger partial charge in [-0.25, -0.2) is 4.79 Å². The van der Waals surface area contributed by atoms with Gasteiger partial charge in [0.1, 0.15) is 17.1 Å². The predicted molar refractivity (Wildman–Crippen MR) is 143 cm³/mol. The lowest BCUT2D eigenvalue weighted by Crippen LogP contribution is -2.45. The van der Waals surface area contributed by atoms with Crippen LogP contribution in [-0.4, -0.2) is 11.6 Å². The monoisotopic (exact) mass is 468 g/mol. The number of fused-ring (bicyclic) bond motifs is 4. The van der Waals surface area contributed by atoms with Crippen molar-refractivity contribution >= 4 is 16.7 Å². The topological polar surface area (TPSA) is 35.5 Å². The maximum Gasteiger partial charge on any atom is 0.343 e. The molecule has 182 valence electrons. The van der Waals surface area contributed by atoms with Gasteiger partial charge in [-0.05, 0) is 87.1 Å². The Morgan fingerprint density at radius 3 is 2.66 bits per heavy atom. The maximum absolute atomic E-state index is 13.4. The zero-order valence-electron chi connectivity index (χ0n) is 21.4. The largest absolute Gasteiger partial charge is 0.487 e. The van der Waals surface area contributed by atoms with Crippen molar-refractivity contribution in [3.05, 3.63) is 82.9 Å². The molecule has 35 heavy (non-hydrogen) atoms. The van der Waals surface area contributed by atoms with Crippen LogP contribution in [0.4, 0.5) is 0 Å². The molecule has 5 rings (SSSR count). The molecular weight excluding hydrogens is 432 g/mol. The van der Waals surface area contributed by atoms with E-state index in [1.807, 2.05) is 36.4 Å². The molecule has 0 N–H and O–H groups in total. The summed E-state index contributed by atoms with van der Waals surface area (Å²) in [4.78, 5) is 13.4. The van der Waals surface area contributed by atoms with Crippen molar-refractivity contribution in [2.45, 2.75) is 77.7 Å². The summed E-state index contributed by atoms with van der Waals surface area (Å²) >= 11 is 0. The second-order valence-corrected chi connectivity index (χ2v) is 10.8. The quantitative estimate of drug-likeness (QED) is 0.158. The van der Waals surface area contributed by atoms with E-state index in [1.54, 1.807) is 0 Å². The Morgan fingerprint density at radius 2 is 1.86 bits per heavy atom. The van der Waals surface area contributed by atoms with E-state index in [0.29, 0.717) is 17.2 Å². The van der Waals surface area contributed by atoms with E-state index in [0.717, 1.165) is 47.8 Å². The van der Waals surface area contributed by atoms with Gasteiger partial charge in [-0.1, -0.05) is 61.7 Å². The SMILES string of the molecule is CCCCCc1cc(OC(=O)c2ccc3ccccc3c2)c2c(c1)OC(C)(C)[C@@H]1CC=C(C)C[C@@H]21. The molecule has 3 aromatic rings. The lowest BCUT2D eigenvalue weighted by atomic mass is 9.67. The average molecular weight is 469 g/mol. The maximum atomic E-state index is 13.4. The number of allylic oxidation sites excluding steroid dienone is 2. The number of ether oxygens (including phenoxy) is 2. The van der Waals surface area contributed by atoms with Crippen LogP contribution in [0, 0.1) is 5.92 Å². The molecule has 3 aromatic carbocycles. The Balaban J connectivity index is 1.55. The number of esters is 1. The Labute approximate surface area is 209 Å². The van der Waals surface area contributed by atoms with E-state index in [9.17, 15) is 4.79 Å². The second-order valence-electron chi connectivity index (χ2n) is 10.8. The second kappa shape index (κ2) is 9.53. The molecule has 1 heterocycles. The molecule has 2 aliphatic rings. The van der Waals surface area contributed by atoms with Crippen LogP contribution in [0.1, 0.15) is 87.2 Å². The third-order valence-corrected chi connectivity index (χ3v) is 7.81. The molecule has 0 unspecified atom stereocenters. The van der Waals surface area contributed by atoms with Crippen LogP contribution in [-0.2, 0) is 6.42 Å². The Bertz CT molecular complexity index is 1280. The molecule has 0 amide bonds. The number of carbonyl (C=O) groups is 1. The highest BCUT2D eigenvalue weighted by Gasteiger charge is 2.46. The van der Waals surface area contributed by atoms with Crippen LogP contribution in [0.2, 0.25) is 0 Å². The van der Waals surface area contributed by atoms with Gasteiger partial charge in [0.2, 0.25) is 0 Å². The standard InChI is InChI=1S/C32H36O3/c1-5-6-7-10-22-18-28(34-31(33)25-15-14-23-11-8-9-12-24(23)20-25)30-26-17-21(2)13-16-27(26)32(3,4)35-29(30)19-22/h8-9,11-15,18-20,26-27H,5-7,10,16-17H2,1-4H3/t26-,27-/m1/s1. The highest BCUT2D eigenvalue weighted by Crippen LogP contribution is 2.54. The highest BCUT2D eigenvalue weighted by molar-refractivity contribution is 5.96. The van der Waals surface area contributed by atoms with Crippen molar-refractivity contribution in [3.8, 4) is 11.5 Å². The zero-order valence-corrected chi connectivity index (χ0v) is 21.4. The Morgan fingerprint density at radius 1 is 1.06 bits per heavy atom. The van der Waals surface area contributed by atoms with Gasteiger partial charge in [0.25, 0.3) is 0 Å². The molecule has 3 heteroatoms. The van der Waals surface area contributed by atoms with E-state index in [2.05, 4.69) is 52.0 Å². The first-order valence-corrected chi connectivity index (χ1v) is 13.1. The minimum Gasteiger partial charge on any atom is -0.487 e. The van der Waals surface area contributed by atoms with E-state index < -0.39 is 0 Å². The molecule has 2 atom stereocenters. The van der Waals surface area contributed by atoms with Crippen molar-refractivity contribution in [3.63, 3.8) is 0 Å². The molecule has 3 nitrogen and oxygen atoms in total. The molecule has 0 fully saturated rings. The van der Waals surface area contributed by atoms with Gasteiger partial charge >= 0.3 is 5.97 Å². The summed E-state index contributed by atoms with van der Waals surface area (Å²) in [5, 5.41) is 2.15. The molecule has 0 spiro atoms. The van der Waals surface area contributed by atoms with Crippen molar-refractivity contribution in [1.29, 1.82) is 0 Å². The van der Waals surface area contributed by atoms with E-state index in [-0.39, 0.29) is 17.5 Å². The fraction of sp³-hybridized carbons (Fsp3) is 0.406. The first-order chi connectivity index (χ1) is 16.9. The van der Waals surface area contributed by atoms with Crippen LogP contribution in [0.3, 0.4) is 0 Å². The number of unbranched alkanes of at least 4 members (excludes halogenated alkanes) is 2. The smallest absolute Gasteiger partial charge is 0.343 e. The Hall–Kier alpha value is -3.07. The minimum absolute atomic E-state index is 0.267.